The zero-order valence-corrected chi connectivity index (χ0v) is 25.5. The minimum Gasteiger partial charge on any atom is -0.354 e. The third-order valence-corrected chi connectivity index (χ3v) is 9.03. The summed E-state index contributed by atoms with van der Waals surface area (Å²) < 4.78 is 29.2. The number of benzene rings is 3. The molecule has 1 unspecified atom stereocenters. The number of amides is 2. The zero-order chi connectivity index (χ0) is 29.6. The van der Waals surface area contributed by atoms with Crippen LogP contribution in [-0.2, 0) is 26.2 Å². The summed E-state index contributed by atoms with van der Waals surface area (Å²) in [6, 6.07) is 18.1. The Balaban J connectivity index is 2.07. The van der Waals surface area contributed by atoms with Crippen molar-refractivity contribution in [2.24, 2.45) is 5.92 Å². The summed E-state index contributed by atoms with van der Waals surface area (Å²) in [6.45, 7) is 11.2. The molecule has 0 aromatic heterocycles. The normalized spacial score (nSPS) is 12.2. The third kappa shape index (κ3) is 7.43. The number of rotatable bonds is 11. The van der Waals surface area contributed by atoms with Crippen LogP contribution in [0.4, 0.5) is 5.69 Å². The fourth-order valence-electron chi connectivity index (χ4n) is 4.20. The number of carbonyl (C=O) groups is 2. The lowest BCUT2D eigenvalue weighted by atomic mass is 10.1. The summed E-state index contributed by atoms with van der Waals surface area (Å²) in [5, 5.41) is 3.34. The molecule has 0 saturated heterocycles. The maximum absolute atomic E-state index is 14.1. The Bertz CT molecular complexity index is 1460. The van der Waals surface area contributed by atoms with E-state index in [0.29, 0.717) is 22.8 Å². The molecular formula is C31H38ClN3O4S. The minimum absolute atomic E-state index is 0.0417. The van der Waals surface area contributed by atoms with Crippen LogP contribution in [0, 0.1) is 26.7 Å². The van der Waals surface area contributed by atoms with E-state index in [4.69, 9.17) is 11.6 Å². The second kappa shape index (κ2) is 13.3. The van der Waals surface area contributed by atoms with E-state index in [1.165, 1.54) is 17.0 Å². The maximum atomic E-state index is 14.1. The summed E-state index contributed by atoms with van der Waals surface area (Å²) in [6.07, 6.45) is 0. The van der Waals surface area contributed by atoms with E-state index < -0.39 is 28.5 Å². The highest BCUT2D eigenvalue weighted by atomic mass is 35.5. The standard InChI is InChI=1S/C31H38ClN3O4S/c1-21(2)18-33-31(37)25(6)34(19-26-11-7-8-12-28(26)32)30(36)20-35(29-13-9-10-23(4)24(29)5)40(38,39)27-16-14-22(3)15-17-27/h7-17,21,25H,18-20H2,1-6H3,(H,33,37). The first-order chi connectivity index (χ1) is 18.8. The molecule has 0 bridgehead atoms. The van der Waals surface area contributed by atoms with Gasteiger partial charge in [0.15, 0.2) is 0 Å². The number of hydrogen-bond donors (Lipinski definition) is 1. The summed E-state index contributed by atoms with van der Waals surface area (Å²) in [5.41, 5.74) is 3.61. The van der Waals surface area contributed by atoms with E-state index in [9.17, 15) is 18.0 Å². The van der Waals surface area contributed by atoms with Crippen LogP contribution >= 0.6 is 11.6 Å². The lowest BCUT2D eigenvalue weighted by Gasteiger charge is -2.33. The number of hydrogen-bond acceptors (Lipinski definition) is 4. The van der Waals surface area contributed by atoms with Crippen molar-refractivity contribution in [2.45, 2.75) is 59.0 Å². The average Bonchev–Trinajstić information content (AvgIpc) is 2.91. The minimum atomic E-state index is -4.13. The van der Waals surface area contributed by atoms with Crippen molar-refractivity contribution in [3.05, 3.63) is 94.0 Å². The second-order valence-electron chi connectivity index (χ2n) is 10.5. The zero-order valence-electron chi connectivity index (χ0n) is 23.9. The van der Waals surface area contributed by atoms with Gasteiger partial charge >= 0.3 is 0 Å². The lowest BCUT2D eigenvalue weighted by Crippen LogP contribution is -2.51. The van der Waals surface area contributed by atoms with Crippen molar-refractivity contribution >= 4 is 39.1 Å². The van der Waals surface area contributed by atoms with Crippen molar-refractivity contribution in [2.75, 3.05) is 17.4 Å². The molecular weight excluding hydrogens is 546 g/mol. The highest BCUT2D eigenvalue weighted by Crippen LogP contribution is 2.29. The second-order valence-corrected chi connectivity index (χ2v) is 12.7. The molecule has 2 amide bonds. The summed E-state index contributed by atoms with van der Waals surface area (Å²) in [5.74, 6) is -0.624. The van der Waals surface area contributed by atoms with Crippen LogP contribution in [0.25, 0.3) is 0 Å². The SMILES string of the molecule is Cc1ccc(S(=O)(=O)N(CC(=O)N(Cc2ccccc2Cl)C(C)C(=O)NCC(C)C)c2cccc(C)c2C)cc1. The van der Waals surface area contributed by atoms with Crippen LogP contribution in [0.3, 0.4) is 0 Å². The highest BCUT2D eigenvalue weighted by Gasteiger charge is 2.33. The molecule has 0 radical (unpaired) electrons. The molecule has 1 atom stereocenters. The summed E-state index contributed by atoms with van der Waals surface area (Å²) >= 11 is 6.42. The topological polar surface area (TPSA) is 86.8 Å². The lowest BCUT2D eigenvalue weighted by molar-refractivity contribution is -0.139. The molecule has 0 saturated carbocycles. The first-order valence-electron chi connectivity index (χ1n) is 13.3. The highest BCUT2D eigenvalue weighted by molar-refractivity contribution is 7.92. The molecule has 7 nitrogen and oxygen atoms in total. The van der Waals surface area contributed by atoms with Gasteiger partial charge in [-0.1, -0.05) is 73.5 Å². The van der Waals surface area contributed by atoms with Gasteiger partial charge in [0.2, 0.25) is 11.8 Å². The maximum Gasteiger partial charge on any atom is 0.264 e. The Morgan fingerprint density at radius 1 is 0.900 bits per heavy atom. The molecule has 0 aliphatic rings. The van der Waals surface area contributed by atoms with E-state index in [-0.39, 0.29) is 23.3 Å². The van der Waals surface area contributed by atoms with Crippen molar-refractivity contribution in [3.63, 3.8) is 0 Å². The van der Waals surface area contributed by atoms with Crippen LogP contribution in [0.2, 0.25) is 5.02 Å². The fraction of sp³-hybridized carbons (Fsp3) is 0.355. The molecule has 9 heteroatoms. The Labute approximate surface area is 243 Å². The van der Waals surface area contributed by atoms with E-state index in [2.05, 4.69) is 5.32 Å². The van der Waals surface area contributed by atoms with Gasteiger partial charge in [-0.2, -0.15) is 0 Å². The third-order valence-electron chi connectivity index (χ3n) is 6.88. The molecule has 0 spiro atoms. The largest absolute Gasteiger partial charge is 0.354 e. The molecule has 214 valence electrons. The monoisotopic (exact) mass is 583 g/mol. The molecule has 3 aromatic carbocycles. The number of carbonyl (C=O) groups excluding carboxylic acids is 2. The number of halogens is 1. The fourth-order valence-corrected chi connectivity index (χ4v) is 5.87. The van der Waals surface area contributed by atoms with Crippen LogP contribution in [0.5, 0.6) is 0 Å². The smallest absolute Gasteiger partial charge is 0.264 e. The van der Waals surface area contributed by atoms with Gasteiger partial charge in [-0.3, -0.25) is 13.9 Å². The van der Waals surface area contributed by atoms with E-state index in [1.807, 2.05) is 40.7 Å². The number of aryl methyl sites for hydroxylation is 2. The summed E-state index contributed by atoms with van der Waals surface area (Å²) in [4.78, 5) is 28.6. The van der Waals surface area contributed by atoms with Gasteiger partial charge in [0, 0.05) is 18.1 Å². The number of nitrogens with zero attached hydrogens (tertiary/aromatic N) is 2. The molecule has 0 aliphatic heterocycles. The van der Waals surface area contributed by atoms with Gasteiger partial charge in [-0.05, 0) is 74.6 Å². The number of anilines is 1. The van der Waals surface area contributed by atoms with Crippen LogP contribution in [-0.4, -0.2) is 44.3 Å². The molecule has 40 heavy (non-hydrogen) atoms. The number of nitrogens with one attached hydrogen (secondary N) is 1. The molecule has 0 aliphatic carbocycles. The predicted octanol–water partition coefficient (Wildman–Crippen LogP) is 5.65. The van der Waals surface area contributed by atoms with E-state index in [0.717, 1.165) is 21.0 Å². The van der Waals surface area contributed by atoms with Crippen molar-refractivity contribution < 1.29 is 18.0 Å². The van der Waals surface area contributed by atoms with E-state index >= 15 is 0 Å². The van der Waals surface area contributed by atoms with Gasteiger partial charge in [0.25, 0.3) is 10.0 Å². The van der Waals surface area contributed by atoms with Gasteiger partial charge in [0.1, 0.15) is 12.6 Å². The van der Waals surface area contributed by atoms with Gasteiger partial charge in [-0.15, -0.1) is 0 Å². The Hall–Kier alpha value is -3.36. The average molecular weight is 584 g/mol. The summed E-state index contributed by atoms with van der Waals surface area (Å²) in [7, 11) is -4.13. The number of sulfonamides is 1. The molecule has 3 aromatic rings. The van der Waals surface area contributed by atoms with Crippen LogP contribution in [0.15, 0.2) is 71.6 Å². The van der Waals surface area contributed by atoms with Gasteiger partial charge in [0.05, 0.1) is 10.6 Å². The Morgan fingerprint density at radius 2 is 1.55 bits per heavy atom. The quantitative estimate of drug-likeness (QED) is 0.316. The van der Waals surface area contributed by atoms with Crippen molar-refractivity contribution in [1.82, 2.24) is 10.2 Å². The predicted molar refractivity (Wildman–Crippen MR) is 161 cm³/mol. The van der Waals surface area contributed by atoms with Crippen LogP contribution < -0.4 is 9.62 Å². The van der Waals surface area contributed by atoms with Crippen molar-refractivity contribution in [1.29, 1.82) is 0 Å². The van der Waals surface area contributed by atoms with Gasteiger partial charge in [-0.25, -0.2) is 8.42 Å². The molecule has 0 heterocycles. The molecule has 1 N–H and O–H groups in total. The molecule has 0 fully saturated rings. The van der Waals surface area contributed by atoms with Crippen molar-refractivity contribution in [3.8, 4) is 0 Å². The van der Waals surface area contributed by atoms with E-state index in [1.54, 1.807) is 55.5 Å². The van der Waals surface area contributed by atoms with Crippen LogP contribution in [0.1, 0.15) is 43.0 Å². The first-order valence-corrected chi connectivity index (χ1v) is 15.1. The Kier molecular flexibility index (Phi) is 10.4. The Morgan fingerprint density at radius 3 is 2.17 bits per heavy atom. The first kappa shape index (κ1) is 31.2. The molecule has 3 rings (SSSR count). The van der Waals surface area contributed by atoms with Gasteiger partial charge < -0.3 is 10.2 Å².